The van der Waals surface area contributed by atoms with E-state index in [0.717, 1.165) is 42.7 Å². The second kappa shape index (κ2) is 8.40. The van der Waals surface area contributed by atoms with Gasteiger partial charge in [0.1, 0.15) is 11.3 Å². The Morgan fingerprint density at radius 2 is 2.11 bits per heavy atom. The third-order valence-corrected chi connectivity index (χ3v) is 5.77. The second-order valence-electron chi connectivity index (χ2n) is 6.12. The topological polar surface area (TPSA) is 95.9 Å². The van der Waals surface area contributed by atoms with E-state index >= 15 is 0 Å². The van der Waals surface area contributed by atoms with Crippen LogP contribution in [0.4, 0.5) is 16.1 Å². The number of rotatable bonds is 7. The van der Waals surface area contributed by atoms with Crippen LogP contribution in [0.1, 0.15) is 28.9 Å². The van der Waals surface area contributed by atoms with Crippen molar-refractivity contribution >= 4 is 44.7 Å². The van der Waals surface area contributed by atoms with Crippen LogP contribution >= 0.6 is 22.7 Å². The third kappa shape index (κ3) is 4.58. The Hall–Kier alpha value is -2.59. The summed E-state index contributed by atoms with van der Waals surface area (Å²) < 4.78 is 0. The number of thiazole rings is 1. The molecule has 3 aromatic rings. The molecule has 1 amide bonds. The summed E-state index contributed by atoms with van der Waals surface area (Å²) >= 11 is 2.99. The molecular formula is C17H19N7OS2. The molecule has 140 valence electrons. The Kier molecular flexibility index (Phi) is 5.54. The lowest BCUT2D eigenvalue weighted by atomic mass is 10.2. The summed E-state index contributed by atoms with van der Waals surface area (Å²) in [6.07, 6.45) is 4.91. The largest absolute Gasteiger partial charge is 0.370 e. The maximum absolute atomic E-state index is 12.1. The molecule has 0 atom stereocenters. The molecule has 4 heterocycles. The maximum Gasteiger partial charge on any atom is 0.259 e. The van der Waals surface area contributed by atoms with Crippen LogP contribution in [0, 0.1) is 0 Å². The summed E-state index contributed by atoms with van der Waals surface area (Å²) in [6.45, 7) is 2.98. The quantitative estimate of drug-likeness (QED) is 0.628. The fraction of sp³-hybridized carbons (Fsp3) is 0.353. The minimum atomic E-state index is -0.247. The molecule has 0 bridgehead atoms. The predicted molar refractivity (Wildman–Crippen MR) is 108 cm³/mol. The maximum atomic E-state index is 12.1. The molecule has 8 nitrogen and oxygen atoms in total. The first kappa shape index (κ1) is 17.8. The van der Waals surface area contributed by atoms with E-state index in [2.05, 4.69) is 36.1 Å². The summed E-state index contributed by atoms with van der Waals surface area (Å²) in [6, 6.07) is 3.53. The van der Waals surface area contributed by atoms with Crippen LogP contribution in [0.15, 0.2) is 29.2 Å². The third-order valence-electron chi connectivity index (χ3n) is 4.21. The Bertz CT molecular complexity index is 873. The molecule has 0 radical (unpaired) electrons. The van der Waals surface area contributed by atoms with Gasteiger partial charge in [-0.05, 0) is 25.0 Å². The summed E-state index contributed by atoms with van der Waals surface area (Å²) in [5.74, 6) is 0.486. The van der Waals surface area contributed by atoms with Crippen molar-refractivity contribution in [2.45, 2.75) is 19.3 Å². The minimum absolute atomic E-state index is 0.247. The van der Waals surface area contributed by atoms with Gasteiger partial charge in [0.15, 0.2) is 5.13 Å². The van der Waals surface area contributed by atoms with E-state index in [-0.39, 0.29) is 5.91 Å². The van der Waals surface area contributed by atoms with Gasteiger partial charge in [0.25, 0.3) is 5.91 Å². The highest BCUT2D eigenvalue weighted by atomic mass is 32.1. The zero-order valence-corrected chi connectivity index (χ0v) is 16.2. The number of carbonyl (C=O) groups is 1. The standard InChI is InChI=1S/C17H19N7OS2/c25-15(22-16-23-20-11-27-16)12-3-4-14(19-9-12)18-6-5-13-10-26-17(21-13)24-7-1-2-8-24/h3-4,9-11H,1-2,5-8H2,(H,18,19)(H,22,23,25). The lowest BCUT2D eigenvalue weighted by Gasteiger charge is -2.12. The summed E-state index contributed by atoms with van der Waals surface area (Å²) in [4.78, 5) is 23.5. The minimum Gasteiger partial charge on any atom is -0.370 e. The van der Waals surface area contributed by atoms with Crippen LogP contribution in [-0.4, -0.2) is 45.7 Å². The first-order valence-electron chi connectivity index (χ1n) is 8.75. The van der Waals surface area contributed by atoms with Crippen LogP contribution < -0.4 is 15.5 Å². The van der Waals surface area contributed by atoms with Crippen molar-refractivity contribution in [1.82, 2.24) is 20.2 Å². The molecule has 4 rings (SSSR count). The number of hydrogen-bond donors (Lipinski definition) is 2. The molecule has 1 aliphatic rings. The number of pyridine rings is 1. The van der Waals surface area contributed by atoms with Gasteiger partial charge in [-0.2, -0.15) is 0 Å². The van der Waals surface area contributed by atoms with Gasteiger partial charge in [-0.25, -0.2) is 9.97 Å². The van der Waals surface area contributed by atoms with E-state index in [9.17, 15) is 4.79 Å². The number of nitrogens with zero attached hydrogens (tertiary/aromatic N) is 5. The normalized spacial score (nSPS) is 13.7. The van der Waals surface area contributed by atoms with Crippen molar-refractivity contribution in [3.05, 3.63) is 40.5 Å². The highest BCUT2D eigenvalue weighted by Crippen LogP contribution is 2.24. The fourth-order valence-electron chi connectivity index (χ4n) is 2.81. The van der Waals surface area contributed by atoms with Crippen molar-refractivity contribution in [3.8, 4) is 0 Å². The van der Waals surface area contributed by atoms with E-state index in [4.69, 9.17) is 4.98 Å². The first-order chi connectivity index (χ1) is 13.3. The van der Waals surface area contributed by atoms with Crippen LogP contribution in [0.5, 0.6) is 0 Å². The number of nitrogens with one attached hydrogen (secondary N) is 2. The van der Waals surface area contributed by atoms with Gasteiger partial charge < -0.3 is 10.2 Å². The van der Waals surface area contributed by atoms with E-state index in [0.29, 0.717) is 10.7 Å². The first-order valence-corrected chi connectivity index (χ1v) is 10.5. The van der Waals surface area contributed by atoms with E-state index < -0.39 is 0 Å². The molecule has 2 N–H and O–H groups in total. The molecule has 3 aromatic heterocycles. The smallest absolute Gasteiger partial charge is 0.259 e. The molecule has 1 saturated heterocycles. The summed E-state index contributed by atoms with van der Waals surface area (Å²) in [5.41, 5.74) is 3.14. The van der Waals surface area contributed by atoms with E-state index in [1.54, 1.807) is 35.2 Å². The molecule has 0 aromatic carbocycles. The summed E-state index contributed by atoms with van der Waals surface area (Å²) in [7, 11) is 0. The van der Waals surface area contributed by atoms with Gasteiger partial charge in [-0.15, -0.1) is 21.5 Å². The van der Waals surface area contributed by atoms with E-state index in [1.807, 2.05) is 0 Å². The lowest BCUT2D eigenvalue weighted by Crippen LogP contribution is -2.17. The van der Waals surface area contributed by atoms with Gasteiger partial charge in [-0.3, -0.25) is 10.1 Å². The fourth-order valence-corrected chi connectivity index (χ4v) is 4.17. The van der Waals surface area contributed by atoms with Crippen molar-refractivity contribution in [1.29, 1.82) is 0 Å². The predicted octanol–water partition coefficient (Wildman–Crippen LogP) is 2.90. The average Bonchev–Trinajstić information content (AvgIpc) is 3.44. The molecule has 10 heteroatoms. The van der Waals surface area contributed by atoms with Crippen molar-refractivity contribution in [2.24, 2.45) is 0 Å². The molecule has 1 fully saturated rings. The van der Waals surface area contributed by atoms with Crippen LogP contribution in [0.25, 0.3) is 0 Å². The SMILES string of the molecule is O=C(Nc1nncs1)c1ccc(NCCc2csc(N3CCCC3)n2)nc1. The molecule has 27 heavy (non-hydrogen) atoms. The van der Waals surface area contributed by atoms with Gasteiger partial charge >= 0.3 is 0 Å². The molecule has 0 aliphatic carbocycles. The Labute approximate surface area is 164 Å². The molecule has 1 aliphatic heterocycles. The van der Waals surface area contributed by atoms with Gasteiger partial charge in [0.05, 0.1) is 11.3 Å². The number of anilines is 3. The number of hydrogen-bond acceptors (Lipinski definition) is 9. The number of aromatic nitrogens is 4. The zero-order valence-electron chi connectivity index (χ0n) is 14.6. The van der Waals surface area contributed by atoms with Gasteiger partial charge in [0.2, 0.25) is 5.13 Å². The Morgan fingerprint density at radius 3 is 2.85 bits per heavy atom. The van der Waals surface area contributed by atoms with Crippen LogP contribution in [-0.2, 0) is 6.42 Å². The number of amides is 1. The highest BCUT2D eigenvalue weighted by molar-refractivity contribution is 7.14. The van der Waals surface area contributed by atoms with Gasteiger partial charge in [0, 0.05) is 37.6 Å². The lowest BCUT2D eigenvalue weighted by molar-refractivity contribution is 0.102. The zero-order chi connectivity index (χ0) is 18.5. The van der Waals surface area contributed by atoms with Crippen molar-refractivity contribution < 1.29 is 4.79 Å². The van der Waals surface area contributed by atoms with Gasteiger partial charge in [-0.1, -0.05) is 11.3 Å². The van der Waals surface area contributed by atoms with Crippen molar-refractivity contribution in [3.63, 3.8) is 0 Å². The molecule has 0 saturated carbocycles. The van der Waals surface area contributed by atoms with Crippen LogP contribution in [0.2, 0.25) is 0 Å². The monoisotopic (exact) mass is 401 g/mol. The molecular weight excluding hydrogens is 382 g/mol. The Balaban J connectivity index is 1.25. The Morgan fingerprint density at radius 1 is 1.22 bits per heavy atom. The van der Waals surface area contributed by atoms with Crippen LogP contribution in [0.3, 0.4) is 0 Å². The van der Waals surface area contributed by atoms with Crippen molar-refractivity contribution in [2.75, 3.05) is 35.2 Å². The number of carbonyl (C=O) groups excluding carboxylic acids is 1. The molecule has 0 spiro atoms. The second-order valence-corrected chi connectivity index (χ2v) is 7.79. The average molecular weight is 402 g/mol. The molecule has 0 unspecified atom stereocenters. The highest BCUT2D eigenvalue weighted by Gasteiger charge is 2.15. The van der Waals surface area contributed by atoms with E-state index in [1.165, 1.54) is 24.2 Å². The summed E-state index contributed by atoms with van der Waals surface area (Å²) in [5, 5.41) is 17.2.